The number of nitro groups is 1. The quantitative estimate of drug-likeness (QED) is 0.0299. The summed E-state index contributed by atoms with van der Waals surface area (Å²) in [7, 11) is 0. The second kappa shape index (κ2) is 19.2. The minimum atomic E-state index is -0.655. The molecule has 0 saturated heterocycles. The smallest absolute Gasteiger partial charge is 0.433 e. The standard InChI is InChI=1S/C39H39N7O10/c47-30-13-4-2-10-27(30)38(52)41-22-8-24-45(23-6-5-21-40-39(53)28-11-7-14-31(48)36(28)51)34(50)19-18-33(49)44-37-26-9-1-3-12-29(26)42-32(43-37)17-15-25-16-20-35(56-25)46(54)55/h1-4,7,9-17,20,47-48,51H,5-6,8,18-19,21-24H2,(H,40,53)(H,41,52)(H,42,43,44,49)/b17-15+. The van der Waals surface area contributed by atoms with Crippen molar-refractivity contribution in [2.45, 2.75) is 32.1 Å². The van der Waals surface area contributed by atoms with Crippen molar-refractivity contribution in [2.75, 3.05) is 31.5 Å². The van der Waals surface area contributed by atoms with Crippen molar-refractivity contribution in [2.24, 2.45) is 0 Å². The Morgan fingerprint density at radius 1 is 0.750 bits per heavy atom. The zero-order valence-corrected chi connectivity index (χ0v) is 30.0. The monoisotopic (exact) mass is 765 g/mol. The maximum Gasteiger partial charge on any atom is 0.433 e. The van der Waals surface area contributed by atoms with Gasteiger partial charge in [0.1, 0.15) is 22.3 Å². The number of carbonyl (C=O) groups is 4. The molecule has 2 aromatic heterocycles. The lowest BCUT2D eigenvalue weighted by atomic mass is 10.1. The number of hydrogen-bond donors (Lipinski definition) is 6. The number of hydrogen-bond acceptors (Lipinski definition) is 12. The zero-order valence-electron chi connectivity index (χ0n) is 30.0. The molecule has 0 aliphatic heterocycles. The number of benzene rings is 3. The van der Waals surface area contributed by atoms with E-state index in [1.54, 1.807) is 41.3 Å². The molecular formula is C39H39N7O10. The molecule has 56 heavy (non-hydrogen) atoms. The summed E-state index contributed by atoms with van der Waals surface area (Å²) in [6.07, 6.45) is 3.94. The average Bonchev–Trinajstić information content (AvgIpc) is 3.67. The van der Waals surface area contributed by atoms with Gasteiger partial charge in [-0.2, -0.15) is 0 Å². The van der Waals surface area contributed by atoms with Crippen LogP contribution in [-0.2, 0) is 9.59 Å². The highest BCUT2D eigenvalue weighted by atomic mass is 16.6. The Kier molecular flexibility index (Phi) is 13.6. The van der Waals surface area contributed by atoms with E-state index < -0.39 is 40.0 Å². The number of aromatic hydroxyl groups is 3. The third-order valence-corrected chi connectivity index (χ3v) is 8.42. The van der Waals surface area contributed by atoms with Crippen molar-refractivity contribution in [3.05, 3.63) is 112 Å². The predicted molar refractivity (Wildman–Crippen MR) is 205 cm³/mol. The predicted octanol–water partition coefficient (Wildman–Crippen LogP) is 5.00. The summed E-state index contributed by atoms with van der Waals surface area (Å²) >= 11 is 0. The molecule has 0 aliphatic carbocycles. The average molecular weight is 766 g/mol. The third-order valence-electron chi connectivity index (χ3n) is 8.42. The number of nitrogens with zero attached hydrogens (tertiary/aromatic N) is 4. The second-order valence-electron chi connectivity index (χ2n) is 12.4. The summed E-state index contributed by atoms with van der Waals surface area (Å²) < 4.78 is 5.15. The molecule has 17 nitrogen and oxygen atoms in total. The first-order valence-electron chi connectivity index (χ1n) is 17.6. The van der Waals surface area contributed by atoms with Crippen LogP contribution in [-0.4, -0.2) is 84.9 Å². The maximum atomic E-state index is 13.5. The molecule has 5 aromatic rings. The van der Waals surface area contributed by atoms with Gasteiger partial charge in [-0.1, -0.05) is 30.3 Å². The molecule has 4 amide bonds. The van der Waals surface area contributed by atoms with Crippen LogP contribution in [0.25, 0.3) is 23.1 Å². The first-order valence-corrected chi connectivity index (χ1v) is 17.6. The van der Waals surface area contributed by atoms with Gasteiger partial charge in [0.05, 0.1) is 22.7 Å². The number of amides is 4. The number of aromatic nitrogens is 2. The molecule has 290 valence electrons. The van der Waals surface area contributed by atoms with E-state index in [1.807, 2.05) is 0 Å². The maximum absolute atomic E-state index is 13.5. The highest BCUT2D eigenvalue weighted by Crippen LogP contribution is 2.28. The van der Waals surface area contributed by atoms with E-state index >= 15 is 0 Å². The van der Waals surface area contributed by atoms with Gasteiger partial charge in [0, 0.05) is 44.4 Å². The molecular weight excluding hydrogens is 726 g/mol. The molecule has 0 radical (unpaired) electrons. The van der Waals surface area contributed by atoms with Crippen LogP contribution >= 0.6 is 0 Å². The van der Waals surface area contributed by atoms with E-state index in [1.165, 1.54) is 54.6 Å². The second-order valence-corrected chi connectivity index (χ2v) is 12.4. The fraction of sp³-hybridized carbons (Fsp3) is 0.231. The highest BCUT2D eigenvalue weighted by molar-refractivity contribution is 6.00. The zero-order chi connectivity index (χ0) is 40.0. The van der Waals surface area contributed by atoms with Gasteiger partial charge >= 0.3 is 5.88 Å². The Morgan fingerprint density at radius 3 is 2.20 bits per heavy atom. The SMILES string of the molecule is O=C(CCC(=O)N(CCCCNC(=O)c1cccc(O)c1O)CCCNC(=O)c1ccccc1O)Nc1nc(/C=C/c2ccc([N+](=O)[O-])o2)nc2ccccc12. The van der Waals surface area contributed by atoms with Crippen LogP contribution in [0.3, 0.4) is 0 Å². The summed E-state index contributed by atoms with van der Waals surface area (Å²) in [5, 5.41) is 49.3. The van der Waals surface area contributed by atoms with Crippen molar-refractivity contribution in [3.8, 4) is 17.2 Å². The van der Waals surface area contributed by atoms with E-state index in [0.717, 1.165) is 0 Å². The van der Waals surface area contributed by atoms with Crippen molar-refractivity contribution in [3.63, 3.8) is 0 Å². The molecule has 5 rings (SSSR count). The number of fused-ring (bicyclic) bond motifs is 1. The summed E-state index contributed by atoms with van der Waals surface area (Å²) in [5.41, 5.74) is 0.571. The van der Waals surface area contributed by atoms with Gasteiger partial charge < -0.3 is 40.6 Å². The van der Waals surface area contributed by atoms with Crippen molar-refractivity contribution in [1.29, 1.82) is 0 Å². The number of phenols is 3. The van der Waals surface area contributed by atoms with Crippen LogP contribution in [0, 0.1) is 10.1 Å². The van der Waals surface area contributed by atoms with E-state index in [-0.39, 0.29) is 79.2 Å². The van der Waals surface area contributed by atoms with Gasteiger partial charge in [0.15, 0.2) is 17.3 Å². The van der Waals surface area contributed by atoms with Crippen molar-refractivity contribution < 1.29 is 43.8 Å². The van der Waals surface area contributed by atoms with Gasteiger partial charge in [0.25, 0.3) is 11.8 Å². The normalized spacial score (nSPS) is 11.0. The summed E-state index contributed by atoms with van der Waals surface area (Å²) in [6.45, 7) is 0.956. The van der Waals surface area contributed by atoms with Crippen molar-refractivity contribution in [1.82, 2.24) is 25.5 Å². The van der Waals surface area contributed by atoms with Crippen LogP contribution in [0.15, 0.2) is 83.3 Å². The molecule has 0 unspecified atom stereocenters. The Hall–Kier alpha value is -7.30. The summed E-state index contributed by atoms with van der Waals surface area (Å²) in [4.78, 5) is 72.5. The number of nitrogens with one attached hydrogen (secondary N) is 3. The number of unbranched alkanes of at least 4 members (excludes halogenated alkanes) is 1. The molecule has 2 heterocycles. The lowest BCUT2D eigenvalue weighted by molar-refractivity contribution is -0.402. The minimum absolute atomic E-state index is 0.0734. The number of phenolic OH excluding ortho intramolecular Hbond substituents is 3. The van der Waals surface area contributed by atoms with Crippen LogP contribution in [0.5, 0.6) is 17.2 Å². The van der Waals surface area contributed by atoms with E-state index in [4.69, 9.17) is 4.42 Å². The summed E-state index contributed by atoms with van der Waals surface area (Å²) in [5.74, 6) is -2.73. The van der Waals surface area contributed by atoms with E-state index in [9.17, 15) is 44.6 Å². The topological polar surface area (TPSA) is 250 Å². The van der Waals surface area contributed by atoms with E-state index in [2.05, 4.69) is 25.9 Å². The molecule has 0 atom stereocenters. The Labute approximate surface area is 319 Å². The first-order chi connectivity index (χ1) is 27.0. The lowest BCUT2D eigenvalue weighted by Crippen LogP contribution is -2.36. The molecule has 0 saturated carbocycles. The molecule has 3 aromatic carbocycles. The molecule has 0 fully saturated rings. The molecule has 0 aliphatic rings. The van der Waals surface area contributed by atoms with Gasteiger partial charge in [-0.15, -0.1) is 0 Å². The van der Waals surface area contributed by atoms with Gasteiger partial charge in [0.2, 0.25) is 11.8 Å². The van der Waals surface area contributed by atoms with Crippen molar-refractivity contribution >= 4 is 58.4 Å². The number of anilines is 1. The fourth-order valence-electron chi connectivity index (χ4n) is 5.56. The number of furan rings is 1. The fourth-order valence-corrected chi connectivity index (χ4v) is 5.56. The van der Waals surface area contributed by atoms with Crippen LogP contribution < -0.4 is 16.0 Å². The number of para-hydroxylation sites is 3. The lowest BCUT2D eigenvalue weighted by Gasteiger charge is -2.23. The Balaban J connectivity index is 1.18. The van der Waals surface area contributed by atoms with Gasteiger partial charge in [-0.25, -0.2) is 9.97 Å². The first kappa shape index (κ1) is 39.9. The van der Waals surface area contributed by atoms with E-state index in [0.29, 0.717) is 30.2 Å². The third kappa shape index (κ3) is 10.9. The van der Waals surface area contributed by atoms with Crippen LogP contribution in [0.4, 0.5) is 11.7 Å². The number of rotatable bonds is 18. The Bertz CT molecular complexity index is 2250. The molecule has 0 bridgehead atoms. The van der Waals surface area contributed by atoms with Gasteiger partial charge in [-0.3, -0.25) is 29.3 Å². The largest absolute Gasteiger partial charge is 0.507 e. The van der Waals surface area contributed by atoms with Crippen LogP contribution in [0.2, 0.25) is 0 Å². The molecule has 6 N–H and O–H groups in total. The Morgan fingerprint density at radius 2 is 1.43 bits per heavy atom. The van der Waals surface area contributed by atoms with Gasteiger partial charge in [-0.05, 0) is 73.9 Å². The highest BCUT2D eigenvalue weighted by Gasteiger charge is 2.18. The minimum Gasteiger partial charge on any atom is -0.507 e. The molecule has 17 heteroatoms. The number of carbonyl (C=O) groups excluding carboxylic acids is 4. The molecule has 0 spiro atoms. The van der Waals surface area contributed by atoms with Crippen LogP contribution in [0.1, 0.15) is 64.4 Å². The summed E-state index contributed by atoms with van der Waals surface area (Å²) in [6, 6.07) is 19.8.